The number of carbonyl (C=O) groups excluding carboxylic acids is 2. The highest BCUT2D eigenvalue weighted by Crippen LogP contribution is 2.43. The zero-order chi connectivity index (χ0) is 27.5. The Morgan fingerprint density at radius 2 is 2.08 bits per heavy atom. The molecule has 0 saturated carbocycles. The number of rotatable bonds is 4. The molecule has 1 saturated heterocycles. The number of anilines is 2. The largest absolute Gasteiger partial charge is 0.413 e. The molecule has 5 heterocycles. The fraction of sp³-hybridized carbons (Fsp3) is 0.458. The SMILES string of the molecule is C[C@@H]1COCCN1c1cc(=O)n2c(n1)N(CC(=O)c1cccnc1)[C@](C)(C(F)(F)F)C2.O=C1C=NC=NC1. The summed E-state index contributed by atoms with van der Waals surface area (Å²) >= 11 is 0. The van der Waals surface area contributed by atoms with Crippen LogP contribution in [0.1, 0.15) is 24.2 Å². The predicted octanol–water partition coefficient (Wildman–Crippen LogP) is 1.56. The van der Waals surface area contributed by atoms with Crippen LogP contribution in [0.4, 0.5) is 24.9 Å². The summed E-state index contributed by atoms with van der Waals surface area (Å²) in [4.78, 5) is 53.8. The molecule has 0 aliphatic carbocycles. The number of nitrogens with zero attached hydrogens (tertiary/aromatic N) is 7. The fourth-order valence-electron chi connectivity index (χ4n) is 4.25. The predicted molar refractivity (Wildman–Crippen MR) is 133 cm³/mol. The highest BCUT2D eigenvalue weighted by Gasteiger charge is 2.60. The molecular weight excluding hydrogens is 507 g/mol. The Labute approximate surface area is 215 Å². The van der Waals surface area contributed by atoms with Crippen molar-refractivity contribution in [2.24, 2.45) is 9.98 Å². The second-order valence-electron chi connectivity index (χ2n) is 9.18. The zero-order valence-electron chi connectivity index (χ0n) is 20.8. The van der Waals surface area contributed by atoms with Gasteiger partial charge < -0.3 is 14.5 Å². The summed E-state index contributed by atoms with van der Waals surface area (Å²) in [5.74, 6) is -0.463. The number of alkyl halides is 3. The summed E-state index contributed by atoms with van der Waals surface area (Å²) < 4.78 is 48.8. The van der Waals surface area contributed by atoms with E-state index in [1.54, 1.807) is 0 Å². The van der Waals surface area contributed by atoms with Crippen molar-refractivity contribution in [1.82, 2.24) is 14.5 Å². The van der Waals surface area contributed by atoms with Gasteiger partial charge in [-0.2, -0.15) is 18.2 Å². The smallest absolute Gasteiger partial charge is 0.377 e. The number of halogens is 3. The Bertz CT molecular complexity index is 1310. The summed E-state index contributed by atoms with van der Waals surface area (Å²) in [5.41, 5.74) is -2.87. The van der Waals surface area contributed by atoms with E-state index in [1.165, 1.54) is 43.1 Å². The van der Waals surface area contributed by atoms with Gasteiger partial charge in [0.2, 0.25) is 5.95 Å². The molecule has 202 valence electrons. The van der Waals surface area contributed by atoms with Crippen molar-refractivity contribution in [2.45, 2.75) is 38.1 Å². The summed E-state index contributed by atoms with van der Waals surface area (Å²) in [6.07, 6.45) is 0.720. The van der Waals surface area contributed by atoms with Gasteiger partial charge in [-0.15, -0.1) is 0 Å². The van der Waals surface area contributed by atoms with Crippen molar-refractivity contribution in [3.05, 3.63) is 46.5 Å². The van der Waals surface area contributed by atoms with E-state index >= 15 is 0 Å². The summed E-state index contributed by atoms with van der Waals surface area (Å²) in [6.45, 7) is 3.21. The normalized spacial score (nSPS) is 22.7. The number of Topliss-reactive ketones (excluding diaryl/α,β-unsaturated/α-hetero) is 2. The van der Waals surface area contributed by atoms with Crippen LogP contribution in [0.5, 0.6) is 0 Å². The van der Waals surface area contributed by atoms with Crippen LogP contribution in [0.25, 0.3) is 0 Å². The van der Waals surface area contributed by atoms with E-state index in [9.17, 15) is 27.6 Å². The van der Waals surface area contributed by atoms with Crippen LogP contribution in [-0.4, -0.2) is 89.3 Å². The molecule has 3 aliphatic rings. The molecule has 3 aliphatic heterocycles. The van der Waals surface area contributed by atoms with Crippen LogP contribution in [-0.2, 0) is 16.1 Å². The van der Waals surface area contributed by atoms with Crippen molar-refractivity contribution in [1.29, 1.82) is 0 Å². The van der Waals surface area contributed by atoms with Crippen molar-refractivity contribution in [2.75, 3.05) is 42.6 Å². The minimum absolute atomic E-state index is 0.0255. The molecule has 2 aromatic rings. The summed E-state index contributed by atoms with van der Waals surface area (Å²) in [7, 11) is 0. The fourth-order valence-corrected chi connectivity index (χ4v) is 4.25. The lowest BCUT2D eigenvalue weighted by atomic mass is 10.00. The van der Waals surface area contributed by atoms with Gasteiger partial charge in [0.25, 0.3) is 5.56 Å². The molecule has 0 bridgehead atoms. The molecule has 14 heteroatoms. The van der Waals surface area contributed by atoms with E-state index in [-0.39, 0.29) is 35.7 Å². The minimum atomic E-state index is -4.70. The third-order valence-electron chi connectivity index (χ3n) is 6.45. The Morgan fingerprint density at radius 3 is 2.66 bits per heavy atom. The number of ether oxygens (including phenoxy) is 1. The number of carbonyl (C=O) groups is 2. The lowest BCUT2D eigenvalue weighted by Gasteiger charge is -2.37. The van der Waals surface area contributed by atoms with E-state index in [2.05, 4.69) is 20.0 Å². The molecule has 0 N–H and O–H groups in total. The molecule has 5 rings (SSSR count). The van der Waals surface area contributed by atoms with Gasteiger partial charge in [-0.25, -0.2) is 4.99 Å². The highest BCUT2D eigenvalue weighted by atomic mass is 19.4. The van der Waals surface area contributed by atoms with Crippen molar-refractivity contribution in [3.8, 4) is 0 Å². The molecule has 38 heavy (non-hydrogen) atoms. The Morgan fingerprint density at radius 1 is 1.29 bits per heavy atom. The molecule has 0 amide bonds. The van der Waals surface area contributed by atoms with Gasteiger partial charge in [-0.05, 0) is 26.0 Å². The Balaban J connectivity index is 0.000000417. The van der Waals surface area contributed by atoms with Crippen LogP contribution < -0.4 is 15.4 Å². The monoisotopic (exact) mass is 533 g/mol. The first kappa shape index (κ1) is 27.1. The molecule has 2 aromatic heterocycles. The van der Waals surface area contributed by atoms with E-state index in [1.807, 2.05) is 11.8 Å². The van der Waals surface area contributed by atoms with Crippen LogP contribution in [0.2, 0.25) is 0 Å². The molecular formula is C24H26F3N7O4. The van der Waals surface area contributed by atoms with Crippen LogP contribution in [0.15, 0.2) is 45.4 Å². The van der Waals surface area contributed by atoms with Gasteiger partial charge in [0.05, 0.1) is 38.6 Å². The minimum Gasteiger partial charge on any atom is -0.377 e. The lowest BCUT2D eigenvalue weighted by Crippen LogP contribution is -2.57. The average Bonchev–Trinajstić information content (AvgIpc) is 3.19. The number of hydrogen-bond donors (Lipinski definition) is 0. The molecule has 2 atom stereocenters. The Kier molecular flexibility index (Phi) is 7.71. The Hall–Kier alpha value is -3.94. The molecule has 0 aromatic carbocycles. The van der Waals surface area contributed by atoms with Crippen molar-refractivity contribution in [3.63, 3.8) is 0 Å². The molecule has 0 unspecified atom stereocenters. The standard InChI is InChI=1S/C20H22F3N5O3.C4H4N2O/c1-13-11-31-7-6-26(13)16-8-17(30)27-12-19(2,20(21,22)23)28(18(27)25-16)10-15(29)14-4-3-5-24-9-14;7-4-1-5-3-6-2-4/h3-5,8-9,13H,6-7,10-12H2,1-2H3;1,3H,2H2/t13-,19+;/m1./s1. The third-order valence-corrected chi connectivity index (χ3v) is 6.45. The van der Waals surface area contributed by atoms with Crippen molar-refractivity contribution >= 4 is 35.9 Å². The number of pyridine rings is 1. The topological polar surface area (TPSA) is 122 Å². The van der Waals surface area contributed by atoms with E-state index in [0.717, 1.165) is 16.4 Å². The van der Waals surface area contributed by atoms with Gasteiger partial charge in [0, 0.05) is 30.6 Å². The van der Waals surface area contributed by atoms with Gasteiger partial charge in [0.1, 0.15) is 18.7 Å². The molecule has 1 fully saturated rings. The van der Waals surface area contributed by atoms with E-state index < -0.39 is 36.1 Å². The second kappa shape index (κ2) is 10.8. The van der Waals surface area contributed by atoms with Crippen LogP contribution >= 0.6 is 0 Å². The number of ketones is 2. The first-order valence-corrected chi connectivity index (χ1v) is 11.8. The summed E-state index contributed by atoms with van der Waals surface area (Å²) in [5, 5.41) is 0. The quantitative estimate of drug-likeness (QED) is 0.543. The maximum Gasteiger partial charge on any atom is 0.413 e. The first-order chi connectivity index (χ1) is 18.0. The van der Waals surface area contributed by atoms with Gasteiger partial charge in [-0.3, -0.25) is 28.9 Å². The highest BCUT2D eigenvalue weighted by molar-refractivity contribution is 6.30. The van der Waals surface area contributed by atoms with Gasteiger partial charge >= 0.3 is 6.18 Å². The van der Waals surface area contributed by atoms with Crippen LogP contribution in [0.3, 0.4) is 0 Å². The number of hydrogen-bond acceptors (Lipinski definition) is 10. The number of aliphatic imine (C=N–C) groups is 2. The third kappa shape index (κ3) is 5.49. The lowest BCUT2D eigenvalue weighted by molar-refractivity contribution is -0.181. The first-order valence-electron chi connectivity index (χ1n) is 11.8. The second-order valence-corrected chi connectivity index (χ2v) is 9.18. The van der Waals surface area contributed by atoms with E-state index in [0.29, 0.717) is 19.8 Å². The number of aromatic nitrogens is 3. The number of morpholine rings is 1. The molecule has 0 spiro atoms. The maximum atomic E-state index is 14.1. The summed E-state index contributed by atoms with van der Waals surface area (Å²) in [6, 6.07) is 4.18. The average molecular weight is 534 g/mol. The molecule has 11 nitrogen and oxygen atoms in total. The van der Waals surface area contributed by atoms with Gasteiger partial charge in [0.15, 0.2) is 17.1 Å². The van der Waals surface area contributed by atoms with Crippen LogP contribution in [0, 0.1) is 0 Å². The van der Waals surface area contributed by atoms with Crippen molar-refractivity contribution < 1.29 is 27.5 Å². The zero-order valence-corrected chi connectivity index (χ0v) is 20.8. The molecule has 0 radical (unpaired) electrons. The van der Waals surface area contributed by atoms with E-state index in [4.69, 9.17) is 4.74 Å². The van der Waals surface area contributed by atoms with Gasteiger partial charge in [-0.1, -0.05) is 0 Å². The maximum absolute atomic E-state index is 14.1. The number of fused-ring (bicyclic) bond motifs is 1.